The van der Waals surface area contributed by atoms with Gasteiger partial charge in [-0.3, -0.25) is 110 Å². The van der Waals surface area contributed by atoms with Gasteiger partial charge >= 0.3 is 11.9 Å². The fourth-order valence-electron chi connectivity index (χ4n) is 13.0. The summed E-state index contributed by atoms with van der Waals surface area (Å²) in [5.41, 5.74) is 43.6. The first-order valence-corrected chi connectivity index (χ1v) is 36.4. The molecule has 0 saturated carbocycles. The Morgan fingerprint density at radius 1 is 0.296 bits per heavy atom. The zero-order valence-electron chi connectivity index (χ0n) is 63.6. The number of nitrogens with one attached hydrogen (secondary N) is 11. The van der Waals surface area contributed by atoms with E-state index < -0.39 is 296 Å². The van der Waals surface area contributed by atoms with E-state index in [4.69, 9.17) is 51.0 Å². The number of aliphatic carboxylic acids is 2. The number of primary amides is 7. The number of hydrogen-bond acceptors (Lipinski definition) is 25. The van der Waals surface area contributed by atoms with Crippen molar-refractivity contribution < 1.29 is 125 Å². The minimum Gasteiger partial charge on any atom is -0.481 e. The molecular formula is C66H101N23O26. The third-order valence-corrected chi connectivity index (χ3v) is 18.8. The number of amides is 22. The molecule has 0 radical (unpaired) electrons. The number of nitrogens with two attached hydrogens (primary N) is 8. The fourth-order valence-corrected chi connectivity index (χ4v) is 13.0. The summed E-state index contributed by atoms with van der Waals surface area (Å²) in [4.78, 5) is 319. The molecule has 0 aromatic carbocycles. The van der Waals surface area contributed by atoms with Gasteiger partial charge in [-0.15, -0.1) is 0 Å². The van der Waals surface area contributed by atoms with Gasteiger partial charge in [0.2, 0.25) is 130 Å². The molecule has 29 N–H and O–H groups in total. The van der Waals surface area contributed by atoms with Gasteiger partial charge in [-0.1, -0.05) is 13.8 Å². The van der Waals surface area contributed by atoms with Crippen molar-refractivity contribution in [1.29, 1.82) is 0 Å². The molecule has 0 aliphatic carbocycles. The Labute approximate surface area is 655 Å². The number of likely N-dealkylation sites (tertiary alicyclic amines) is 4. The Morgan fingerprint density at radius 3 is 0.722 bits per heavy atom. The van der Waals surface area contributed by atoms with Gasteiger partial charge in [0.15, 0.2) is 0 Å². The van der Waals surface area contributed by atoms with E-state index in [-0.39, 0.29) is 77.5 Å². The van der Waals surface area contributed by atoms with Crippen LogP contribution < -0.4 is 104 Å². The van der Waals surface area contributed by atoms with E-state index in [1.807, 2.05) is 0 Å². The van der Waals surface area contributed by atoms with Crippen molar-refractivity contribution in [1.82, 2.24) is 78.1 Å². The maximum Gasteiger partial charge on any atom is 0.326 e. The molecule has 49 nitrogen and oxygen atoms in total. The Kier molecular flexibility index (Phi) is 35.6. The van der Waals surface area contributed by atoms with Gasteiger partial charge in [0.05, 0.1) is 57.4 Å². The first-order valence-electron chi connectivity index (χ1n) is 36.4. The Bertz CT molecular complexity index is 3820. The summed E-state index contributed by atoms with van der Waals surface area (Å²) in [5.74, 6) is -28.3. The number of rotatable bonds is 44. The van der Waals surface area contributed by atoms with Gasteiger partial charge < -0.3 is 134 Å². The van der Waals surface area contributed by atoms with Crippen molar-refractivity contribution in [2.75, 3.05) is 26.2 Å². The summed E-state index contributed by atoms with van der Waals surface area (Å²) < 4.78 is 0. The van der Waals surface area contributed by atoms with Gasteiger partial charge in [0.25, 0.3) is 0 Å². The molecule has 636 valence electrons. The normalized spacial score (nSPS) is 19.5. The van der Waals surface area contributed by atoms with Crippen molar-refractivity contribution in [3.05, 3.63) is 0 Å². The molecule has 0 spiro atoms. The molecule has 0 aromatic heterocycles. The van der Waals surface area contributed by atoms with E-state index in [1.165, 1.54) is 13.8 Å². The van der Waals surface area contributed by atoms with E-state index in [2.05, 4.69) is 58.5 Å². The van der Waals surface area contributed by atoms with Crippen LogP contribution >= 0.6 is 0 Å². The molecule has 16 atom stereocenters. The molecular weight excluding hydrogens is 1530 g/mol. The highest BCUT2D eigenvalue weighted by atomic mass is 16.4. The van der Waals surface area contributed by atoms with Crippen molar-refractivity contribution in [2.24, 2.45) is 51.8 Å². The molecule has 4 fully saturated rings. The zero-order valence-corrected chi connectivity index (χ0v) is 63.6. The molecule has 22 amide bonds. The number of hydrogen-bond donors (Lipinski definition) is 21. The second kappa shape index (κ2) is 43.3. The highest BCUT2D eigenvalue weighted by Crippen LogP contribution is 2.25. The van der Waals surface area contributed by atoms with Gasteiger partial charge in [0, 0.05) is 26.2 Å². The lowest BCUT2D eigenvalue weighted by molar-refractivity contribution is -0.145. The van der Waals surface area contributed by atoms with Crippen LogP contribution in [0.5, 0.6) is 0 Å². The van der Waals surface area contributed by atoms with Crippen LogP contribution in [0.15, 0.2) is 0 Å². The summed E-state index contributed by atoms with van der Waals surface area (Å²) in [6, 6.07) is -26.7. The average molecular weight is 1630 g/mol. The minimum absolute atomic E-state index is 0.00782. The first kappa shape index (κ1) is 94.6. The predicted octanol–water partition coefficient (Wildman–Crippen LogP) is -14.0. The molecule has 0 aromatic rings. The third-order valence-electron chi connectivity index (χ3n) is 18.8. The molecule has 0 bridgehead atoms. The maximum atomic E-state index is 14.3. The van der Waals surface area contributed by atoms with Crippen LogP contribution in [0.3, 0.4) is 0 Å². The van der Waals surface area contributed by atoms with Crippen LogP contribution in [0.2, 0.25) is 0 Å². The Hall–Kier alpha value is -12.8. The number of carboxylic acids is 2. The van der Waals surface area contributed by atoms with Crippen molar-refractivity contribution in [2.45, 2.75) is 234 Å². The number of carbonyl (C=O) groups is 24. The molecule has 4 aliphatic heterocycles. The molecule has 4 saturated heterocycles. The maximum absolute atomic E-state index is 14.3. The fraction of sp³-hybridized carbons (Fsp3) is 0.636. The predicted molar refractivity (Wildman–Crippen MR) is 387 cm³/mol. The van der Waals surface area contributed by atoms with Gasteiger partial charge in [-0.2, -0.15) is 0 Å². The molecule has 49 heteroatoms. The summed E-state index contributed by atoms with van der Waals surface area (Å²) in [6.07, 6.45) is -6.78. The SMILES string of the molecule is CC(C)[C@H](NC(=O)[C@H](CC(N)=O)NC(=O)[C@@H]1CCCN1C(=O)[C@H](CC(N)=O)NC(=O)[C@H](C)NC(=O)[C@H](CC(N)=O)NC(=O)[C@@H]1CCCN1C(=O)[C@H](CC(N)=O)NC(=O)[C@H](C)NC(=O)[C@H](CC(N)=O)NC(=O)[C@@H]1CCCN1C(=O)[C@H](CC(N)=O)NC(=O)[C@H](C)NC(=O)[C@H](CC(N)=O)NC(=O)[C@@H]1CCCN1C(=O)[C@@H](N)CC(=O)O)C(=O)O. The third kappa shape index (κ3) is 28.4. The highest BCUT2D eigenvalue weighted by Gasteiger charge is 2.46. The minimum atomic E-state index is -1.92. The average Bonchev–Trinajstić information content (AvgIpc) is 1.75. The second-order valence-corrected chi connectivity index (χ2v) is 28.3. The van der Waals surface area contributed by atoms with E-state index >= 15 is 0 Å². The van der Waals surface area contributed by atoms with Crippen molar-refractivity contribution in [3.63, 3.8) is 0 Å². The summed E-state index contributed by atoms with van der Waals surface area (Å²) in [7, 11) is 0. The second-order valence-electron chi connectivity index (χ2n) is 28.3. The monoisotopic (exact) mass is 1630 g/mol. The summed E-state index contributed by atoms with van der Waals surface area (Å²) >= 11 is 0. The lowest BCUT2D eigenvalue weighted by atomic mass is 10.0. The van der Waals surface area contributed by atoms with Crippen LogP contribution in [0.1, 0.15) is 137 Å². The quantitative estimate of drug-likeness (QED) is 0.0269. The molecule has 115 heavy (non-hydrogen) atoms. The molecule has 0 unspecified atom stereocenters. The standard InChI is InChI=1S/C66H101N23O26/c1-26(2)50(66(114)115)85-57(105)34(22-45(71)93)81-61(109)41-13-9-17-89(41)65(113)37(25-48(74)96)84-53(101)29(5)77-56(104)33(21-44(70)92)80-60(108)40-12-8-16-88(40)64(112)36(24-47(73)95)83-52(100)28(4)76-55(103)32(20-43(69)91)79-59(107)39-11-7-15-87(39)63(111)35(23-46(72)94)82-51(99)27(3)75-54(102)31(19-42(68)90)78-58(106)38-10-6-14-86(38)62(110)30(67)18-49(97)98/h26-41,50H,6-25,67H2,1-5H3,(H2,68,90)(H2,69,91)(H2,70,92)(H2,71,93)(H2,72,94)(H2,73,95)(H2,74,96)(H,75,102)(H,76,103)(H,77,104)(H,78,106)(H,79,107)(H,80,108)(H,81,109)(H,82,99)(H,83,100)(H,84,101)(H,85,105)(H,97,98)(H,114,115)/t27-,28-,29-,30-,31-,32-,33-,34-,35-,36-,37-,38-,39-,40-,41-,50-/m0/s1. The lowest BCUT2D eigenvalue weighted by Crippen LogP contribution is -2.61. The van der Waals surface area contributed by atoms with Crippen LogP contribution in [-0.2, 0) is 115 Å². The van der Waals surface area contributed by atoms with Gasteiger partial charge in [-0.05, 0) is 78.1 Å². The molecule has 4 heterocycles. The summed E-state index contributed by atoms with van der Waals surface area (Å²) in [5, 5.41) is 43.5. The molecule has 4 rings (SSSR count). The number of nitrogens with zero attached hydrogens (tertiary/aromatic N) is 4. The summed E-state index contributed by atoms with van der Waals surface area (Å²) in [6.45, 7) is 5.53. The van der Waals surface area contributed by atoms with Crippen LogP contribution in [-0.4, -0.2) is 295 Å². The number of carbonyl (C=O) groups excluding carboxylic acids is 22. The smallest absolute Gasteiger partial charge is 0.326 e. The van der Waals surface area contributed by atoms with Crippen molar-refractivity contribution in [3.8, 4) is 0 Å². The van der Waals surface area contributed by atoms with Crippen LogP contribution in [0, 0.1) is 5.92 Å². The van der Waals surface area contributed by atoms with Gasteiger partial charge in [-0.25, -0.2) is 4.79 Å². The first-order chi connectivity index (χ1) is 53.6. The lowest BCUT2D eigenvalue weighted by Gasteiger charge is -2.31. The largest absolute Gasteiger partial charge is 0.481 e. The number of carboxylic acid groups (broad SMARTS) is 2. The zero-order chi connectivity index (χ0) is 86.9. The molecule has 4 aliphatic rings. The van der Waals surface area contributed by atoms with Crippen molar-refractivity contribution >= 4 is 142 Å². The van der Waals surface area contributed by atoms with Gasteiger partial charge in [0.1, 0.15) is 90.6 Å². The topological polar surface area (TPSA) is 804 Å². The van der Waals surface area contributed by atoms with E-state index in [1.54, 1.807) is 0 Å². The Morgan fingerprint density at radius 2 is 0.513 bits per heavy atom. The highest BCUT2D eigenvalue weighted by molar-refractivity contribution is 6.04. The van der Waals surface area contributed by atoms with E-state index in [0.29, 0.717) is 0 Å². The van der Waals surface area contributed by atoms with E-state index in [9.17, 15) is 120 Å². The Balaban J connectivity index is 1.42. The van der Waals surface area contributed by atoms with E-state index in [0.717, 1.165) is 40.4 Å². The van der Waals surface area contributed by atoms with Crippen LogP contribution in [0.4, 0.5) is 0 Å². The van der Waals surface area contributed by atoms with Crippen LogP contribution in [0.25, 0.3) is 0 Å².